The predicted octanol–water partition coefficient (Wildman–Crippen LogP) is 2.82. The van der Waals surface area contributed by atoms with Crippen molar-refractivity contribution in [3.05, 3.63) is 0 Å². The Morgan fingerprint density at radius 1 is 1.15 bits per heavy atom. The number of hydrogen-bond acceptors (Lipinski definition) is 4. The van der Waals surface area contributed by atoms with Gasteiger partial charge >= 0.3 is 0 Å². The molecule has 1 N–H and O–H groups in total. The van der Waals surface area contributed by atoms with E-state index in [-0.39, 0.29) is 0 Å². The van der Waals surface area contributed by atoms with Crippen molar-refractivity contribution in [2.75, 3.05) is 52.6 Å². The molecule has 0 aromatic carbocycles. The van der Waals surface area contributed by atoms with Crippen molar-refractivity contribution in [3.63, 3.8) is 0 Å². The van der Waals surface area contributed by atoms with E-state index in [4.69, 9.17) is 19.2 Å². The Labute approximate surface area is 159 Å². The van der Waals surface area contributed by atoms with Crippen LogP contribution < -0.4 is 5.32 Å². The van der Waals surface area contributed by atoms with Gasteiger partial charge in [0.05, 0.1) is 18.8 Å². The van der Waals surface area contributed by atoms with Gasteiger partial charge in [-0.15, -0.1) is 0 Å². The minimum atomic E-state index is 0.317. The fraction of sp³-hybridized carbons (Fsp3) is 0.950. The van der Waals surface area contributed by atoms with Crippen LogP contribution in [0.4, 0.5) is 0 Å². The zero-order valence-corrected chi connectivity index (χ0v) is 16.9. The van der Waals surface area contributed by atoms with Crippen molar-refractivity contribution in [1.82, 2.24) is 10.2 Å². The van der Waals surface area contributed by atoms with Crippen molar-refractivity contribution in [2.24, 2.45) is 4.99 Å². The highest BCUT2D eigenvalue weighted by Crippen LogP contribution is 2.18. The van der Waals surface area contributed by atoms with Gasteiger partial charge in [0, 0.05) is 46.0 Å². The lowest BCUT2D eigenvalue weighted by molar-refractivity contribution is -0.0721. The first kappa shape index (κ1) is 21.5. The Bertz CT molecular complexity index is 378. The van der Waals surface area contributed by atoms with Crippen LogP contribution in [0.5, 0.6) is 0 Å². The second-order valence-corrected chi connectivity index (χ2v) is 7.15. The van der Waals surface area contributed by atoms with Crippen LogP contribution in [0, 0.1) is 0 Å². The van der Waals surface area contributed by atoms with Crippen LogP contribution in [0.3, 0.4) is 0 Å². The summed E-state index contributed by atoms with van der Waals surface area (Å²) >= 11 is 0. The summed E-state index contributed by atoms with van der Waals surface area (Å²) in [6, 6.07) is 0. The fourth-order valence-electron chi connectivity index (χ4n) is 3.49. The summed E-state index contributed by atoms with van der Waals surface area (Å²) in [4.78, 5) is 7.17. The van der Waals surface area contributed by atoms with Crippen LogP contribution in [0.25, 0.3) is 0 Å². The number of nitrogens with one attached hydrogen (secondary N) is 1. The van der Waals surface area contributed by atoms with Crippen LogP contribution in [0.1, 0.15) is 58.8 Å². The Morgan fingerprint density at radius 3 is 2.69 bits per heavy atom. The predicted molar refractivity (Wildman–Crippen MR) is 106 cm³/mol. The topological polar surface area (TPSA) is 55.3 Å². The SMILES string of the molecule is CCNC(=NCCCCOCC)N1CCC(OCC2CCCCO2)CC1. The van der Waals surface area contributed by atoms with E-state index in [9.17, 15) is 0 Å². The molecule has 0 aliphatic carbocycles. The molecule has 2 saturated heterocycles. The van der Waals surface area contributed by atoms with Crippen molar-refractivity contribution >= 4 is 5.96 Å². The molecule has 1 unspecified atom stereocenters. The molecular weight excluding hydrogens is 330 g/mol. The van der Waals surface area contributed by atoms with Crippen LogP contribution in [-0.4, -0.2) is 75.7 Å². The summed E-state index contributed by atoms with van der Waals surface area (Å²) in [6.45, 7) is 11.3. The third kappa shape index (κ3) is 8.23. The van der Waals surface area contributed by atoms with Crippen molar-refractivity contribution < 1.29 is 14.2 Å². The molecule has 2 aliphatic rings. The molecule has 6 heteroatoms. The summed E-state index contributed by atoms with van der Waals surface area (Å²) < 4.78 is 17.3. The van der Waals surface area contributed by atoms with Crippen molar-refractivity contribution in [3.8, 4) is 0 Å². The van der Waals surface area contributed by atoms with Gasteiger partial charge in [0.25, 0.3) is 0 Å². The second-order valence-electron chi connectivity index (χ2n) is 7.15. The third-order valence-corrected chi connectivity index (χ3v) is 5.03. The lowest BCUT2D eigenvalue weighted by Crippen LogP contribution is -2.47. The summed E-state index contributed by atoms with van der Waals surface area (Å²) in [5, 5.41) is 3.44. The Hall–Kier alpha value is -0.850. The summed E-state index contributed by atoms with van der Waals surface area (Å²) in [5.74, 6) is 1.05. The maximum atomic E-state index is 6.12. The van der Waals surface area contributed by atoms with E-state index >= 15 is 0 Å². The number of ether oxygens (including phenoxy) is 3. The van der Waals surface area contributed by atoms with Gasteiger partial charge in [0.15, 0.2) is 5.96 Å². The third-order valence-electron chi connectivity index (χ3n) is 5.03. The van der Waals surface area contributed by atoms with Crippen LogP contribution in [-0.2, 0) is 14.2 Å². The van der Waals surface area contributed by atoms with Gasteiger partial charge in [-0.3, -0.25) is 4.99 Å². The number of unbranched alkanes of at least 4 members (excludes halogenated alkanes) is 1. The summed E-state index contributed by atoms with van der Waals surface area (Å²) in [6.07, 6.45) is 8.61. The minimum Gasteiger partial charge on any atom is -0.382 e. The maximum Gasteiger partial charge on any atom is 0.193 e. The summed E-state index contributed by atoms with van der Waals surface area (Å²) in [5.41, 5.74) is 0. The quantitative estimate of drug-likeness (QED) is 0.365. The number of likely N-dealkylation sites (tertiary alicyclic amines) is 1. The van der Waals surface area contributed by atoms with Gasteiger partial charge in [0.1, 0.15) is 0 Å². The molecule has 26 heavy (non-hydrogen) atoms. The lowest BCUT2D eigenvalue weighted by atomic mass is 10.1. The molecule has 2 fully saturated rings. The molecule has 0 aromatic rings. The van der Waals surface area contributed by atoms with Gasteiger partial charge in [-0.2, -0.15) is 0 Å². The number of nitrogens with zero attached hydrogens (tertiary/aromatic N) is 2. The first-order valence-electron chi connectivity index (χ1n) is 10.7. The van der Waals surface area contributed by atoms with E-state index in [1.807, 2.05) is 6.92 Å². The van der Waals surface area contributed by atoms with Gasteiger partial charge in [-0.1, -0.05) is 0 Å². The molecule has 6 nitrogen and oxygen atoms in total. The van der Waals surface area contributed by atoms with Crippen LogP contribution in [0.15, 0.2) is 4.99 Å². The van der Waals surface area contributed by atoms with E-state index in [0.717, 1.165) is 90.7 Å². The lowest BCUT2D eigenvalue weighted by Gasteiger charge is -2.35. The second kappa shape index (κ2) is 13.3. The molecule has 0 radical (unpaired) electrons. The fourth-order valence-corrected chi connectivity index (χ4v) is 3.49. The molecule has 152 valence electrons. The Kier molecular flexibility index (Phi) is 11.0. The highest BCUT2D eigenvalue weighted by Gasteiger charge is 2.23. The monoisotopic (exact) mass is 369 g/mol. The molecule has 2 aliphatic heterocycles. The van der Waals surface area contributed by atoms with E-state index in [0.29, 0.717) is 12.2 Å². The average Bonchev–Trinajstić information content (AvgIpc) is 2.69. The first-order valence-corrected chi connectivity index (χ1v) is 10.7. The molecule has 0 saturated carbocycles. The number of rotatable bonds is 10. The van der Waals surface area contributed by atoms with Gasteiger partial charge in [0.2, 0.25) is 0 Å². The van der Waals surface area contributed by atoms with Gasteiger partial charge < -0.3 is 24.4 Å². The number of guanidine groups is 1. The largest absolute Gasteiger partial charge is 0.382 e. The van der Waals surface area contributed by atoms with Gasteiger partial charge in [-0.25, -0.2) is 0 Å². The van der Waals surface area contributed by atoms with Crippen molar-refractivity contribution in [2.45, 2.75) is 71.0 Å². The van der Waals surface area contributed by atoms with Crippen molar-refractivity contribution in [1.29, 1.82) is 0 Å². The van der Waals surface area contributed by atoms with Gasteiger partial charge in [-0.05, 0) is 58.8 Å². The highest BCUT2D eigenvalue weighted by molar-refractivity contribution is 5.80. The molecule has 0 spiro atoms. The number of piperidine rings is 1. The van der Waals surface area contributed by atoms with E-state index in [1.165, 1.54) is 12.8 Å². The Morgan fingerprint density at radius 2 is 2.00 bits per heavy atom. The minimum absolute atomic E-state index is 0.317. The molecule has 2 rings (SSSR count). The average molecular weight is 370 g/mol. The molecule has 0 aromatic heterocycles. The number of aliphatic imine (C=N–C) groups is 1. The number of hydrogen-bond donors (Lipinski definition) is 1. The zero-order valence-electron chi connectivity index (χ0n) is 16.9. The van der Waals surface area contributed by atoms with Crippen LogP contribution >= 0.6 is 0 Å². The normalized spacial score (nSPS) is 22.6. The van der Waals surface area contributed by atoms with Crippen LogP contribution in [0.2, 0.25) is 0 Å². The zero-order chi connectivity index (χ0) is 18.5. The van der Waals surface area contributed by atoms with E-state index < -0.39 is 0 Å². The first-order chi connectivity index (χ1) is 12.8. The molecule has 0 bridgehead atoms. The maximum absolute atomic E-state index is 6.12. The smallest absolute Gasteiger partial charge is 0.193 e. The molecule has 2 heterocycles. The standard InChI is InChI=1S/C20H39N3O3/c1-3-21-20(22-12-6-8-15-24-4-2)23-13-10-18(11-14-23)26-17-19-9-5-7-16-25-19/h18-19H,3-17H2,1-2H3,(H,21,22). The molecule has 0 amide bonds. The van der Waals surface area contributed by atoms with E-state index in [2.05, 4.69) is 17.1 Å². The molecular formula is C20H39N3O3. The highest BCUT2D eigenvalue weighted by atomic mass is 16.5. The molecule has 1 atom stereocenters. The van der Waals surface area contributed by atoms with E-state index in [1.54, 1.807) is 0 Å². The Balaban J connectivity index is 1.65. The summed E-state index contributed by atoms with van der Waals surface area (Å²) in [7, 11) is 0.